The number of hydrogen-bond donors (Lipinski definition) is 0. The van der Waals surface area contributed by atoms with Gasteiger partial charge in [0.15, 0.2) is 0 Å². The number of esters is 1. The molecule has 0 bridgehead atoms. The molecular weight excluding hydrogens is 299 g/mol. The first-order chi connectivity index (χ1) is 8.17. The monoisotopic (exact) mass is 306 g/mol. The van der Waals surface area contributed by atoms with E-state index in [1.54, 1.807) is 0 Å². The zero-order valence-electron chi connectivity index (χ0n) is 9.13. The van der Waals surface area contributed by atoms with Crippen molar-refractivity contribution in [3.63, 3.8) is 0 Å². The van der Waals surface area contributed by atoms with Crippen LogP contribution in [0.5, 0.6) is 0 Å². The highest BCUT2D eigenvalue weighted by molar-refractivity contribution is 5.65. The quantitative estimate of drug-likeness (QED) is 0.588. The van der Waals surface area contributed by atoms with Crippen molar-refractivity contribution in [3.8, 4) is 0 Å². The summed E-state index contributed by atoms with van der Waals surface area (Å²) in [5, 5.41) is 0. The molecule has 0 aromatic rings. The van der Waals surface area contributed by atoms with E-state index in [2.05, 4.69) is 4.74 Å². The number of rotatable bonds is 3. The maximum absolute atomic E-state index is 12.3. The predicted molar refractivity (Wildman–Crippen MR) is 41.8 cm³/mol. The molecule has 11 heteroatoms. The molecule has 2 nitrogen and oxygen atoms in total. The molecule has 19 heavy (non-hydrogen) atoms. The number of halogens is 9. The van der Waals surface area contributed by atoms with E-state index in [0.29, 0.717) is 6.92 Å². The van der Waals surface area contributed by atoms with E-state index in [1.807, 2.05) is 0 Å². The van der Waals surface area contributed by atoms with Crippen LogP contribution in [0.25, 0.3) is 0 Å². The number of alkyl halides is 9. The lowest BCUT2D eigenvalue weighted by Gasteiger charge is -2.38. The van der Waals surface area contributed by atoms with Crippen LogP contribution >= 0.6 is 0 Å². The van der Waals surface area contributed by atoms with Gasteiger partial charge in [0.2, 0.25) is 0 Å². The molecule has 0 aromatic carbocycles. The molecule has 0 N–H and O–H groups in total. The molecule has 0 amide bonds. The van der Waals surface area contributed by atoms with Crippen LogP contribution in [0.1, 0.15) is 13.3 Å². The van der Waals surface area contributed by atoms with Gasteiger partial charge in [0.25, 0.3) is 5.41 Å². The fourth-order valence-corrected chi connectivity index (χ4v) is 1.26. The van der Waals surface area contributed by atoms with E-state index in [1.165, 1.54) is 0 Å². The third-order valence-electron chi connectivity index (χ3n) is 2.23. The van der Waals surface area contributed by atoms with E-state index in [0.717, 1.165) is 0 Å². The average Bonchev–Trinajstić information content (AvgIpc) is 2.04. The molecule has 0 heterocycles. The third-order valence-corrected chi connectivity index (χ3v) is 2.23. The van der Waals surface area contributed by atoms with Gasteiger partial charge in [-0.25, -0.2) is 0 Å². The lowest BCUT2D eigenvalue weighted by atomic mass is 9.82. The average molecular weight is 306 g/mol. The van der Waals surface area contributed by atoms with Crippen LogP contribution in [0.4, 0.5) is 39.5 Å². The Hall–Kier alpha value is -1.16. The highest BCUT2D eigenvalue weighted by Gasteiger charge is 2.83. The van der Waals surface area contributed by atoms with E-state index in [4.69, 9.17) is 0 Å². The lowest BCUT2D eigenvalue weighted by molar-refractivity contribution is -0.429. The van der Waals surface area contributed by atoms with Gasteiger partial charge in [-0.15, -0.1) is 0 Å². The van der Waals surface area contributed by atoms with Crippen molar-refractivity contribution in [1.82, 2.24) is 0 Å². The predicted octanol–water partition coefficient (Wildman–Crippen LogP) is 3.61. The van der Waals surface area contributed by atoms with Crippen molar-refractivity contribution >= 4 is 5.97 Å². The minimum Gasteiger partial charge on any atom is -0.466 e. The van der Waals surface area contributed by atoms with Gasteiger partial charge in [0.05, 0.1) is 6.61 Å². The highest BCUT2D eigenvalue weighted by atomic mass is 19.4. The summed E-state index contributed by atoms with van der Waals surface area (Å²) < 4.78 is 115. The fraction of sp³-hybridized carbons (Fsp3) is 0.875. The second-order valence-electron chi connectivity index (χ2n) is 3.49. The molecule has 0 aliphatic rings. The smallest absolute Gasteiger partial charge is 0.412 e. The van der Waals surface area contributed by atoms with Crippen LogP contribution in [0.15, 0.2) is 0 Å². The summed E-state index contributed by atoms with van der Waals surface area (Å²) in [5.74, 6) is -1.29. The minimum atomic E-state index is -6.62. The number of ether oxygens (including phenoxy) is 1. The van der Waals surface area contributed by atoms with Crippen LogP contribution in [-0.2, 0) is 9.53 Å². The van der Waals surface area contributed by atoms with Crippen molar-refractivity contribution in [2.75, 3.05) is 6.61 Å². The molecule has 0 saturated carbocycles. The molecule has 0 radical (unpaired) electrons. The van der Waals surface area contributed by atoms with Gasteiger partial charge in [0, 0.05) is 13.3 Å². The van der Waals surface area contributed by atoms with Gasteiger partial charge >= 0.3 is 24.5 Å². The molecule has 0 unspecified atom stereocenters. The summed E-state index contributed by atoms with van der Waals surface area (Å²) in [6.07, 6.45) is -22.3. The Morgan fingerprint density at radius 2 is 1.16 bits per heavy atom. The van der Waals surface area contributed by atoms with Crippen LogP contribution < -0.4 is 0 Å². The van der Waals surface area contributed by atoms with Crippen LogP contribution in [0.3, 0.4) is 0 Å². The normalized spacial score (nSPS) is 14.4. The number of carbonyl (C=O) groups is 1. The van der Waals surface area contributed by atoms with Gasteiger partial charge in [0.1, 0.15) is 0 Å². The van der Waals surface area contributed by atoms with Crippen LogP contribution in [0.2, 0.25) is 0 Å². The second-order valence-corrected chi connectivity index (χ2v) is 3.49. The van der Waals surface area contributed by atoms with Gasteiger partial charge < -0.3 is 4.74 Å². The Morgan fingerprint density at radius 3 is 1.37 bits per heavy atom. The highest BCUT2D eigenvalue weighted by Crippen LogP contribution is 2.61. The van der Waals surface area contributed by atoms with E-state index in [-0.39, 0.29) is 0 Å². The zero-order valence-corrected chi connectivity index (χ0v) is 9.13. The van der Waals surface area contributed by atoms with Crippen molar-refractivity contribution < 1.29 is 49.0 Å². The van der Waals surface area contributed by atoms with Crippen molar-refractivity contribution in [2.24, 2.45) is 5.41 Å². The molecule has 0 aromatic heterocycles. The van der Waals surface area contributed by atoms with Crippen LogP contribution in [-0.4, -0.2) is 31.1 Å². The molecule has 114 valence electrons. The summed E-state index contributed by atoms with van der Waals surface area (Å²) in [4.78, 5) is 10.2. The first-order valence-corrected chi connectivity index (χ1v) is 4.50. The topological polar surface area (TPSA) is 26.3 Å². The fourth-order valence-electron chi connectivity index (χ4n) is 1.26. The summed E-state index contributed by atoms with van der Waals surface area (Å²) in [6.45, 7) is -1.02. The Labute approximate surface area is 100 Å². The van der Waals surface area contributed by atoms with Gasteiger partial charge in [-0.3, -0.25) is 4.79 Å². The first-order valence-electron chi connectivity index (χ1n) is 4.50. The first kappa shape index (κ1) is 17.8. The molecule has 0 atom stereocenters. The number of carbonyl (C=O) groups excluding carboxylic acids is 1. The van der Waals surface area contributed by atoms with Crippen molar-refractivity contribution in [3.05, 3.63) is 0 Å². The summed E-state index contributed by atoms with van der Waals surface area (Å²) in [6, 6.07) is 0. The maximum Gasteiger partial charge on any atom is 0.412 e. The molecular formula is C8H7F9O2. The van der Waals surface area contributed by atoms with E-state index >= 15 is 0 Å². The molecule has 0 aliphatic heterocycles. The molecule has 0 fully saturated rings. The van der Waals surface area contributed by atoms with E-state index in [9.17, 15) is 44.3 Å². The molecule has 0 spiro atoms. The molecule has 0 rings (SSSR count). The van der Waals surface area contributed by atoms with Crippen molar-refractivity contribution in [2.45, 2.75) is 31.9 Å². The van der Waals surface area contributed by atoms with Gasteiger partial charge in [-0.1, -0.05) is 0 Å². The third kappa shape index (κ3) is 3.44. The Bertz CT molecular complexity index is 289. The van der Waals surface area contributed by atoms with Gasteiger partial charge in [-0.05, 0) is 0 Å². The molecule has 0 saturated heterocycles. The SMILES string of the molecule is CC(=O)OCCC(C(F)(F)F)(C(F)(F)F)C(F)(F)F. The summed E-state index contributed by atoms with van der Waals surface area (Å²) >= 11 is 0. The van der Waals surface area contributed by atoms with Crippen molar-refractivity contribution in [1.29, 1.82) is 0 Å². The Morgan fingerprint density at radius 1 is 0.842 bits per heavy atom. The Balaban J connectivity index is 5.62. The second kappa shape index (κ2) is 5.08. The maximum atomic E-state index is 12.3. The number of hydrogen-bond acceptors (Lipinski definition) is 2. The van der Waals surface area contributed by atoms with Gasteiger partial charge in [-0.2, -0.15) is 39.5 Å². The lowest BCUT2D eigenvalue weighted by Crippen LogP contribution is -2.60. The van der Waals surface area contributed by atoms with E-state index < -0.39 is 42.9 Å². The zero-order chi connectivity index (χ0) is 15.7. The van der Waals surface area contributed by atoms with Crippen LogP contribution in [0, 0.1) is 5.41 Å². The molecule has 0 aliphatic carbocycles. The standard InChI is InChI=1S/C8H7F9O2/c1-4(18)19-3-2-5(6(9,10)11,7(12,13)14)8(15,16)17/h2-3H2,1H3. The Kier molecular flexibility index (Phi) is 4.77. The largest absolute Gasteiger partial charge is 0.466 e. The minimum absolute atomic E-state index is 0.635. The summed E-state index contributed by atoms with van der Waals surface area (Å²) in [7, 11) is 0. The summed E-state index contributed by atoms with van der Waals surface area (Å²) in [5.41, 5.74) is -5.93.